The zero-order valence-electron chi connectivity index (χ0n) is 19.4. The van der Waals surface area contributed by atoms with E-state index in [1.165, 1.54) is 80.3 Å². The molecule has 1 atom stereocenters. The third-order valence-electron chi connectivity index (χ3n) is 7.41. The number of rotatable bonds is 6. The van der Waals surface area contributed by atoms with Gasteiger partial charge in [-0.3, -0.25) is 4.90 Å². The second kappa shape index (κ2) is 10.1. The van der Waals surface area contributed by atoms with Crippen LogP contribution in [0.5, 0.6) is 5.75 Å². The second-order valence-corrected chi connectivity index (χ2v) is 9.71. The third-order valence-corrected chi connectivity index (χ3v) is 7.41. The van der Waals surface area contributed by atoms with Crippen molar-refractivity contribution in [2.24, 2.45) is 5.92 Å². The maximum absolute atomic E-state index is 5.36. The highest BCUT2D eigenvalue weighted by Crippen LogP contribution is 2.24. The predicted molar refractivity (Wildman–Crippen MR) is 133 cm³/mol. The van der Waals surface area contributed by atoms with Crippen molar-refractivity contribution in [2.75, 3.05) is 39.8 Å². The quantitative estimate of drug-likeness (QED) is 0.512. The van der Waals surface area contributed by atoms with E-state index >= 15 is 0 Å². The summed E-state index contributed by atoms with van der Waals surface area (Å²) in [5.74, 6) is 1.73. The van der Waals surface area contributed by atoms with E-state index in [4.69, 9.17) is 4.74 Å². The molecule has 1 fully saturated rings. The third kappa shape index (κ3) is 5.16. The van der Waals surface area contributed by atoms with Crippen molar-refractivity contribution in [1.29, 1.82) is 0 Å². The molecule has 1 saturated heterocycles. The topological polar surface area (TPSA) is 15.7 Å². The van der Waals surface area contributed by atoms with Crippen molar-refractivity contribution in [2.45, 2.75) is 38.6 Å². The highest BCUT2D eigenvalue weighted by atomic mass is 16.5. The van der Waals surface area contributed by atoms with Gasteiger partial charge in [0.05, 0.1) is 7.11 Å². The monoisotopic (exact) mass is 428 g/mol. The number of benzene rings is 3. The summed E-state index contributed by atoms with van der Waals surface area (Å²) in [5.41, 5.74) is 4.54. The van der Waals surface area contributed by atoms with Crippen LogP contribution in [-0.4, -0.2) is 49.6 Å². The van der Waals surface area contributed by atoms with Gasteiger partial charge in [-0.05, 0) is 77.7 Å². The largest absolute Gasteiger partial charge is 0.497 e. The molecule has 3 aromatic carbocycles. The van der Waals surface area contributed by atoms with Crippen molar-refractivity contribution in [3.05, 3.63) is 77.4 Å². The predicted octanol–water partition coefficient (Wildman–Crippen LogP) is 5.55. The fourth-order valence-corrected chi connectivity index (χ4v) is 5.59. The first-order chi connectivity index (χ1) is 15.8. The highest BCUT2D eigenvalue weighted by Gasteiger charge is 2.23. The standard InChI is InChI=1S/C29H36N2O/c1-32-29-12-11-26-18-23(9-10-27(26)19-29)13-16-30-15-5-4-6-24(20-30)21-31-17-14-25-7-2-3-8-28(25)22-31/h2-3,7-12,18-19,24H,4-6,13-17,20-22H2,1H3. The molecule has 3 nitrogen and oxygen atoms in total. The summed E-state index contributed by atoms with van der Waals surface area (Å²) in [6.45, 7) is 7.28. The normalized spacial score (nSPS) is 20.1. The number of hydrogen-bond donors (Lipinski definition) is 0. The molecule has 0 aromatic heterocycles. The molecule has 0 bridgehead atoms. The van der Waals surface area contributed by atoms with Gasteiger partial charge in [-0.15, -0.1) is 0 Å². The minimum Gasteiger partial charge on any atom is -0.497 e. The van der Waals surface area contributed by atoms with Crippen LogP contribution in [0.3, 0.4) is 0 Å². The Balaban J connectivity index is 1.17. The highest BCUT2D eigenvalue weighted by molar-refractivity contribution is 5.84. The molecule has 5 rings (SSSR count). The molecule has 32 heavy (non-hydrogen) atoms. The average molecular weight is 429 g/mol. The maximum Gasteiger partial charge on any atom is 0.119 e. The number of methoxy groups -OCH3 is 1. The zero-order chi connectivity index (χ0) is 21.8. The van der Waals surface area contributed by atoms with Crippen LogP contribution in [0.1, 0.15) is 36.0 Å². The number of nitrogens with zero attached hydrogens (tertiary/aromatic N) is 2. The van der Waals surface area contributed by atoms with Crippen molar-refractivity contribution >= 4 is 10.8 Å². The number of hydrogen-bond acceptors (Lipinski definition) is 3. The van der Waals surface area contributed by atoms with Crippen LogP contribution in [0.2, 0.25) is 0 Å². The summed E-state index contributed by atoms with van der Waals surface area (Å²) in [6.07, 6.45) is 6.44. The Morgan fingerprint density at radius 3 is 2.62 bits per heavy atom. The Morgan fingerprint density at radius 2 is 1.72 bits per heavy atom. The van der Waals surface area contributed by atoms with Crippen molar-refractivity contribution in [1.82, 2.24) is 9.80 Å². The fourth-order valence-electron chi connectivity index (χ4n) is 5.59. The van der Waals surface area contributed by atoms with Crippen molar-refractivity contribution in [3.63, 3.8) is 0 Å². The van der Waals surface area contributed by atoms with E-state index in [0.717, 1.165) is 24.6 Å². The van der Waals surface area contributed by atoms with E-state index in [1.54, 1.807) is 12.7 Å². The van der Waals surface area contributed by atoms with Crippen molar-refractivity contribution < 1.29 is 4.74 Å². The van der Waals surface area contributed by atoms with E-state index in [-0.39, 0.29) is 0 Å². The number of likely N-dealkylation sites (tertiary alicyclic amines) is 1. The molecule has 0 radical (unpaired) electrons. The van der Waals surface area contributed by atoms with Crippen molar-refractivity contribution in [3.8, 4) is 5.75 Å². The van der Waals surface area contributed by atoms with Crippen LogP contribution in [-0.2, 0) is 19.4 Å². The van der Waals surface area contributed by atoms with Crippen LogP contribution in [0, 0.1) is 5.92 Å². The Kier molecular flexibility index (Phi) is 6.75. The Morgan fingerprint density at radius 1 is 0.875 bits per heavy atom. The molecule has 168 valence electrons. The van der Waals surface area contributed by atoms with E-state index in [0.29, 0.717) is 0 Å². The first-order valence-corrected chi connectivity index (χ1v) is 12.3. The molecule has 1 unspecified atom stereocenters. The molecule has 0 saturated carbocycles. The van der Waals surface area contributed by atoms with Gasteiger partial charge in [0.2, 0.25) is 0 Å². The Bertz CT molecular complexity index is 1050. The second-order valence-electron chi connectivity index (χ2n) is 9.71. The first-order valence-electron chi connectivity index (χ1n) is 12.3. The van der Waals surface area contributed by atoms with E-state index in [9.17, 15) is 0 Å². The fraction of sp³-hybridized carbons (Fsp3) is 0.448. The van der Waals surface area contributed by atoms with Crippen LogP contribution >= 0.6 is 0 Å². The SMILES string of the molecule is COc1ccc2cc(CCN3CCCCC(CN4CCc5ccccc5C4)C3)ccc2c1. The van der Waals surface area contributed by atoms with Gasteiger partial charge in [0.15, 0.2) is 0 Å². The van der Waals surface area contributed by atoms with Gasteiger partial charge >= 0.3 is 0 Å². The van der Waals surface area contributed by atoms with Gasteiger partial charge in [0.25, 0.3) is 0 Å². The zero-order valence-corrected chi connectivity index (χ0v) is 19.4. The Hall–Kier alpha value is -2.36. The minimum atomic E-state index is 0.798. The molecule has 0 N–H and O–H groups in total. The van der Waals surface area contributed by atoms with E-state index in [2.05, 4.69) is 70.5 Å². The van der Waals surface area contributed by atoms with E-state index in [1.807, 2.05) is 0 Å². The summed E-state index contributed by atoms with van der Waals surface area (Å²) >= 11 is 0. The van der Waals surface area contributed by atoms with Gasteiger partial charge in [0, 0.05) is 32.7 Å². The summed E-state index contributed by atoms with van der Waals surface area (Å²) in [5, 5.41) is 2.56. The lowest BCUT2D eigenvalue weighted by molar-refractivity contribution is 0.174. The molecule has 3 heteroatoms. The van der Waals surface area contributed by atoms with Gasteiger partial charge in [-0.2, -0.15) is 0 Å². The molecule has 0 aliphatic carbocycles. The van der Waals surface area contributed by atoms with Crippen LogP contribution in [0.4, 0.5) is 0 Å². The maximum atomic E-state index is 5.36. The van der Waals surface area contributed by atoms with Gasteiger partial charge < -0.3 is 9.64 Å². The van der Waals surface area contributed by atoms with Crippen LogP contribution < -0.4 is 4.74 Å². The average Bonchev–Trinajstić information content (AvgIpc) is 3.07. The molecule has 2 aliphatic rings. The van der Waals surface area contributed by atoms with E-state index < -0.39 is 0 Å². The van der Waals surface area contributed by atoms with Crippen LogP contribution in [0.25, 0.3) is 10.8 Å². The smallest absolute Gasteiger partial charge is 0.119 e. The molecule has 3 aromatic rings. The van der Waals surface area contributed by atoms with Crippen LogP contribution in [0.15, 0.2) is 60.7 Å². The number of fused-ring (bicyclic) bond motifs is 2. The molecule has 0 amide bonds. The molecule has 2 aliphatic heterocycles. The summed E-state index contributed by atoms with van der Waals surface area (Å²) in [6, 6.07) is 22.3. The lowest BCUT2D eigenvalue weighted by Gasteiger charge is -2.33. The molecular formula is C29H36N2O. The summed E-state index contributed by atoms with van der Waals surface area (Å²) in [7, 11) is 1.73. The summed E-state index contributed by atoms with van der Waals surface area (Å²) < 4.78 is 5.36. The van der Waals surface area contributed by atoms with Gasteiger partial charge in [0.1, 0.15) is 5.75 Å². The molecular weight excluding hydrogens is 392 g/mol. The van der Waals surface area contributed by atoms with Gasteiger partial charge in [-0.1, -0.05) is 55.0 Å². The Labute approximate surface area is 193 Å². The number of ether oxygens (including phenoxy) is 1. The molecule has 0 spiro atoms. The lowest BCUT2D eigenvalue weighted by Crippen LogP contribution is -2.39. The molecule has 2 heterocycles. The van der Waals surface area contributed by atoms with Gasteiger partial charge in [-0.25, -0.2) is 0 Å². The summed E-state index contributed by atoms with van der Waals surface area (Å²) in [4.78, 5) is 5.43. The first kappa shape index (κ1) is 21.5. The lowest BCUT2D eigenvalue weighted by atomic mass is 9.97. The minimum absolute atomic E-state index is 0.798.